The van der Waals surface area contributed by atoms with Crippen LogP contribution in [-0.4, -0.2) is 16.1 Å². The SMILES string of the molecule is CC1CC(Oc2ncc(C(C)(C)N)c3cc(Cl)ncc23)C1. The molecular weight excluding hydrogens is 286 g/mol. The quantitative estimate of drug-likeness (QED) is 0.879. The number of nitrogens with zero attached hydrogens (tertiary/aromatic N) is 2. The van der Waals surface area contributed by atoms with Crippen molar-refractivity contribution in [1.29, 1.82) is 0 Å². The monoisotopic (exact) mass is 305 g/mol. The van der Waals surface area contributed by atoms with Crippen molar-refractivity contribution in [1.82, 2.24) is 9.97 Å². The molecule has 0 radical (unpaired) electrons. The minimum Gasteiger partial charge on any atom is -0.474 e. The molecule has 2 aromatic rings. The standard InChI is InChI=1S/C16H20ClN3O/c1-9-4-10(5-9)21-15-12-7-19-14(17)6-11(12)13(8-20-15)16(2,3)18/h6-10H,4-5,18H2,1-3H3. The summed E-state index contributed by atoms with van der Waals surface area (Å²) in [6.45, 7) is 6.13. The van der Waals surface area contributed by atoms with Gasteiger partial charge < -0.3 is 10.5 Å². The molecule has 112 valence electrons. The van der Waals surface area contributed by atoms with Crippen LogP contribution in [0.25, 0.3) is 10.8 Å². The van der Waals surface area contributed by atoms with Gasteiger partial charge in [0.05, 0.1) is 5.39 Å². The summed E-state index contributed by atoms with van der Waals surface area (Å²) in [6, 6.07) is 1.83. The molecule has 0 saturated heterocycles. The Hall–Kier alpha value is -1.39. The second-order valence-corrected chi connectivity index (χ2v) is 6.96. The van der Waals surface area contributed by atoms with Crippen molar-refractivity contribution in [3.8, 4) is 5.88 Å². The maximum Gasteiger partial charge on any atom is 0.223 e. The molecule has 1 aliphatic rings. The lowest BCUT2D eigenvalue weighted by molar-refractivity contribution is 0.0711. The second-order valence-electron chi connectivity index (χ2n) is 6.57. The molecule has 21 heavy (non-hydrogen) atoms. The number of hydrogen-bond acceptors (Lipinski definition) is 4. The van der Waals surface area contributed by atoms with Crippen LogP contribution in [0.1, 0.15) is 39.2 Å². The van der Waals surface area contributed by atoms with E-state index in [-0.39, 0.29) is 6.10 Å². The van der Waals surface area contributed by atoms with E-state index in [4.69, 9.17) is 22.1 Å². The van der Waals surface area contributed by atoms with Crippen molar-refractivity contribution < 1.29 is 4.74 Å². The molecule has 4 nitrogen and oxygen atoms in total. The van der Waals surface area contributed by atoms with Gasteiger partial charge in [-0.15, -0.1) is 0 Å². The van der Waals surface area contributed by atoms with E-state index in [0.717, 1.165) is 35.1 Å². The average molecular weight is 306 g/mol. The zero-order valence-electron chi connectivity index (χ0n) is 12.6. The minimum absolute atomic E-state index is 0.253. The van der Waals surface area contributed by atoms with Crippen LogP contribution in [0.2, 0.25) is 5.15 Å². The highest BCUT2D eigenvalue weighted by Gasteiger charge is 2.28. The maximum absolute atomic E-state index is 6.24. The van der Waals surface area contributed by atoms with Crippen LogP contribution in [0.15, 0.2) is 18.5 Å². The van der Waals surface area contributed by atoms with Gasteiger partial charge in [-0.05, 0) is 49.6 Å². The third-order valence-electron chi connectivity index (χ3n) is 4.01. The fourth-order valence-electron chi connectivity index (χ4n) is 2.78. The molecule has 1 fully saturated rings. The first-order valence-corrected chi connectivity index (χ1v) is 7.62. The van der Waals surface area contributed by atoms with Gasteiger partial charge in [0.1, 0.15) is 11.3 Å². The number of rotatable bonds is 3. The molecule has 1 aliphatic carbocycles. The molecule has 0 aliphatic heterocycles. The predicted molar refractivity (Wildman–Crippen MR) is 84.6 cm³/mol. The van der Waals surface area contributed by atoms with E-state index in [1.54, 1.807) is 12.4 Å². The van der Waals surface area contributed by atoms with Crippen LogP contribution >= 0.6 is 11.6 Å². The Morgan fingerprint density at radius 3 is 2.57 bits per heavy atom. The Morgan fingerprint density at radius 1 is 1.24 bits per heavy atom. The average Bonchev–Trinajstić information content (AvgIpc) is 2.35. The Morgan fingerprint density at radius 2 is 1.95 bits per heavy atom. The van der Waals surface area contributed by atoms with Gasteiger partial charge in [0.25, 0.3) is 0 Å². The van der Waals surface area contributed by atoms with Gasteiger partial charge >= 0.3 is 0 Å². The van der Waals surface area contributed by atoms with Crippen molar-refractivity contribution in [2.24, 2.45) is 11.7 Å². The van der Waals surface area contributed by atoms with E-state index in [0.29, 0.717) is 11.0 Å². The van der Waals surface area contributed by atoms with Crippen LogP contribution in [0, 0.1) is 5.92 Å². The van der Waals surface area contributed by atoms with Crippen LogP contribution in [0.3, 0.4) is 0 Å². The molecule has 0 spiro atoms. The Kier molecular flexibility index (Phi) is 3.54. The van der Waals surface area contributed by atoms with Gasteiger partial charge in [0.2, 0.25) is 5.88 Å². The molecule has 2 aromatic heterocycles. The molecule has 2 N–H and O–H groups in total. The first-order valence-electron chi connectivity index (χ1n) is 7.25. The Balaban J connectivity index is 2.07. The van der Waals surface area contributed by atoms with E-state index in [2.05, 4.69) is 16.9 Å². The first-order chi connectivity index (χ1) is 9.84. The summed E-state index contributed by atoms with van der Waals surface area (Å²) in [7, 11) is 0. The fraction of sp³-hybridized carbons (Fsp3) is 0.500. The highest BCUT2D eigenvalue weighted by molar-refractivity contribution is 6.30. The smallest absolute Gasteiger partial charge is 0.223 e. The number of nitrogens with two attached hydrogens (primary N) is 1. The summed E-state index contributed by atoms with van der Waals surface area (Å²) in [6.07, 6.45) is 5.92. The first kappa shape index (κ1) is 14.5. The largest absolute Gasteiger partial charge is 0.474 e. The van der Waals surface area contributed by atoms with Gasteiger partial charge in [0, 0.05) is 17.9 Å². The van der Waals surface area contributed by atoms with Crippen molar-refractivity contribution in [2.75, 3.05) is 0 Å². The lowest BCUT2D eigenvalue weighted by Crippen LogP contribution is -2.32. The lowest BCUT2D eigenvalue weighted by Gasteiger charge is -2.33. The Labute approximate surface area is 129 Å². The minimum atomic E-state index is -0.501. The number of halogens is 1. The molecular formula is C16H20ClN3O. The lowest BCUT2D eigenvalue weighted by atomic mass is 9.84. The molecule has 0 aromatic carbocycles. The van der Waals surface area contributed by atoms with E-state index in [1.807, 2.05) is 19.9 Å². The summed E-state index contributed by atoms with van der Waals surface area (Å²) in [5, 5.41) is 2.28. The van der Waals surface area contributed by atoms with E-state index >= 15 is 0 Å². The molecule has 2 heterocycles. The molecule has 5 heteroatoms. The number of pyridine rings is 2. The van der Waals surface area contributed by atoms with Crippen molar-refractivity contribution in [3.05, 3.63) is 29.2 Å². The van der Waals surface area contributed by atoms with Crippen LogP contribution in [-0.2, 0) is 5.54 Å². The van der Waals surface area contributed by atoms with Crippen LogP contribution in [0.4, 0.5) is 0 Å². The van der Waals surface area contributed by atoms with E-state index in [9.17, 15) is 0 Å². The van der Waals surface area contributed by atoms with Crippen LogP contribution < -0.4 is 10.5 Å². The van der Waals surface area contributed by atoms with Gasteiger partial charge in [-0.3, -0.25) is 0 Å². The van der Waals surface area contributed by atoms with Gasteiger partial charge in [-0.2, -0.15) is 0 Å². The topological polar surface area (TPSA) is 61.0 Å². The highest BCUT2D eigenvalue weighted by atomic mass is 35.5. The van der Waals surface area contributed by atoms with E-state index < -0.39 is 5.54 Å². The van der Waals surface area contributed by atoms with E-state index in [1.165, 1.54) is 0 Å². The summed E-state index contributed by atoms with van der Waals surface area (Å²) in [4.78, 5) is 8.63. The van der Waals surface area contributed by atoms with Gasteiger partial charge in [-0.1, -0.05) is 18.5 Å². The van der Waals surface area contributed by atoms with Crippen molar-refractivity contribution >= 4 is 22.4 Å². The highest BCUT2D eigenvalue weighted by Crippen LogP contribution is 2.35. The fourth-order valence-corrected chi connectivity index (χ4v) is 2.93. The third kappa shape index (κ3) is 2.83. The summed E-state index contributed by atoms with van der Waals surface area (Å²) in [5.41, 5.74) is 6.68. The molecule has 0 unspecified atom stereocenters. The molecule has 0 bridgehead atoms. The summed E-state index contributed by atoms with van der Waals surface area (Å²) >= 11 is 6.04. The van der Waals surface area contributed by atoms with Crippen molar-refractivity contribution in [3.63, 3.8) is 0 Å². The number of hydrogen-bond donors (Lipinski definition) is 1. The predicted octanol–water partition coefficient (Wildman–Crippen LogP) is 3.65. The maximum atomic E-state index is 6.24. The zero-order chi connectivity index (χ0) is 15.2. The second kappa shape index (κ2) is 5.11. The normalized spacial score (nSPS) is 22.1. The number of ether oxygens (including phenoxy) is 1. The van der Waals surface area contributed by atoms with Gasteiger partial charge in [-0.25, -0.2) is 9.97 Å². The molecule has 0 atom stereocenters. The summed E-state index contributed by atoms with van der Waals surface area (Å²) in [5.74, 6) is 1.36. The zero-order valence-corrected chi connectivity index (χ0v) is 13.3. The Bertz CT molecular complexity index is 675. The van der Waals surface area contributed by atoms with Gasteiger partial charge in [0.15, 0.2) is 0 Å². The number of aromatic nitrogens is 2. The molecule has 1 saturated carbocycles. The van der Waals surface area contributed by atoms with Crippen molar-refractivity contribution in [2.45, 2.75) is 45.3 Å². The summed E-state index contributed by atoms with van der Waals surface area (Å²) < 4.78 is 6.01. The number of fused-ring (bicyclic) bond motifs is 1. The molecule has 3 rings (SSSR count). The third-order valence-corrected chi connectivity index (χ3v) is 4.21. The van der Waals surface area contributed by atoms with Crippen LogP contribution in [0.5, 0.6) is 5.88 Å². The molecule has 0 amide bonds.